The average molecular weight is 305 g/mol. The third-order valence-electron chi connectivity index (χ3n) is 3.21. The van der Waals surface area contributed by atoms with Gasteiger partial charge in [0.2, 0.25) is 0 Å². The summed E-state index contributed by atoms with van der Waals surface area (Å²) < 4.78 is 0. The molecule has 0 aliphatic carbocycles. The minimum absolute atomic E-state index is 0.768. The van der Waals surface area contributed by atoms with Crippen LogP contribution in [0.15, 0.2) is 17.2 Å². The fourth-order valence-corrected chi connectivity index (χ4v) is 2.79. The third kappa shape index (κ3) is 4.14. The highest BCUT2D eigenvalue weighted by Gasteiger charge is 2.14. The molecule has 0 radical (unpaired) electrons. The van der Waals surface area contributed by atoms with Crippen LogP contribution in [0.4, 0.5) is 11.6 Å². The Kier molecular flexibility index (Phi) is 5.92. The van der Waals surface area contributed by atoms with Crippen molar-refractivity contribution in [3.8, 4) is 0 Å². The first-order valence-electron chi connectivity index (χ1n) is 7.42. The molecule has 0 aliphatic heterocycles. The van der Waals surface area contributed by atoms with Gasteiger partial charge >= 0.3 is 0 Å². The maximum absolute atomic E-state index is 4.50. The zero-order valence-electron chi connectivity index (χ0n) is 13.0. The van der Waals surface area contributed by atoms with Crippen LogP contribution in [0.2, 0.25) is 0 Å². The molecule has 114 valence electrons. The summed E-state index contributed by atoms with van der Waals surface area (Å²) in [6, 6.07) is 0. The molecule has 0 aliphatic rings. The maximum atomic E-state index is 4.50. The van der Waals surface area contributed by atoms with Gasteiger partial charge in [0.15, 0.2) is 0 Å². The van der Waals surface area contributed by atoms with Crippen molar-refractivity contribution in [1.29, 1.82) is 0 Å². The SMILES string of the molecule is CCCNc1ncnc(N(C)Cc2cscn2)c1CCC. The van der Waals surface area contributed by atoms with Crippen molar-refractivity contribution >= 4 is 23.0 Å². The maximum Gasteiger partial charge on any atom is 0.137 e. The Balaban J connectivity index is 2.23. The smallest absolute Gasteiger partial charge is 0.137 e. The van der Waals surface area contributed by atoms with E-state index in [1.165, 1.54) is 5.56 Å². The van der Waals surface area contributed by atoms with E-state index in [-0.39, 0.29) is 0 Å². The van der Waals surface area contributed by atoms with Crippen molar-refractivity contribution in [3.05, 3.63) is 28.5 Å². The standard InChI is InChI=1S/C15H23N5S/c1-4-6-13-14(16-7-5-2)17-10-18-15(13)20(3)8-12-9-21-11-19-12/h9-11H,4-8H2,1-3H3,(H,16,17,18). The van der Waals surface area contributed by atoms with Gasteiger partial charge in [-0.15, -0.1) is 11.3 Å². The van der Waals surface area contributed by atoms with Gasteiger partial charge in [-0.2, -0.15) is 0 Å². The Morgan fingerprint density at radius 2 is 2.05 bits per heavy atom. The van der Waals surface area contributed by atoms with Crippen LogP contribution >= 0.6 is 11.3 Å². The lowest BCUT2D eigenvalue weighted by atomic mass is 10.1. The Bertz CT molecular complexity index is 541. The van der Waals surface area contributed by atoms with E-state index in [2.05, 4.69) is 51.4 Å². The van der Waals surface area contributed by atoms with Gasteiger partial charge in [-0.25, -0.2) is 15.0 Å². The van der Waals surface area contributed by atoms with E-state index in [1.54, 1.807) is 17.7 Å². The molecule has 0 saturated heterocycles. The second-order valence-corrected chi connectivity index (χ2v) is 5.76. The number of hydrogen-bond acceptors (Lipinski definition) is 6. The molecule has 0 spiro atoms. The fourth-order valence-electron chi connectivity index (χ4n) is 2.24. The number of aromatic nitrogens is 3. The first-order chi connectivity index (χ1) is 10.3. The summed E-state index contributed by atoms with van der Waals surface area (Å²) in [6.45, 7) is 6.04. The zero-order chi connectivity index (χ0) is 15.1. The summed E-state index contributed by atoms with van der Waals surface area (Å²) in [5.74, 6) is 1.97. The molecule has 5 nitrogen and oxygen atoms in total. The van der Waals surface area contributed by atoms with Gasteiger partial charge in [0, 0.05) is 24.5 Å². The summed E-state index contributed by atoms with van der Waals surface area (Å²) in [6.07, 6.45) is 4.78. The van der Waals surface area contributed by atoms with E-state index in [9.17, 15) is 0 Å². The summed E-state index contributed by atoms with van der Waals surface area (Å²) in [4.78, 5) is 15.4. The van der Waals surface area contributed by atoms with Crippen molar-refractivity contribution in [2.24, 2.45) is 0 Å². The molecule has 0 bridgehead atoms. The Hall–Kier alpha value is -1.69. The van der Waals surface area contributed by atoms with Crippen LogP contribution in [0.1, 0.15) is 37.9 Å². The first-order valence-corrected chi connectivity index (χ1v) is 8.36. The predicted molar refractivity (Wildman–Crippen MR) is 89.0 cm³/mol. The minimum atomic E-state index is 0.768. The molecule has 0 unspecified atom stereocenters. The molecule has 6 heteroatoms. The Labute approximate surface area is 130 Å². The molecular weight excluding hydrogens is 282 g/mol. The molecule has 0 saturated carbocycles. The van der Waals surface area contributed by atoms with E-state index in [0.717, 1.165) is 49.7 Å². The van der Waals surface area contributed by atoms with E-state index in [4.69, 9.17) is 0 Å². The fraction of sp³-hybridized carbons (Fsp3) is 0.533. The molecular formula is C15H23N5S. The molecule has 0 amide bonds. The summed E-state index contributed by atoms with van der Waals surface area (Å²) in [7, 11) is 2.06. The van der Waals surface area contributed by atoms with Crippen LogP contribution in [0, 0.1) is 0 Å². The topological polar surface area (TPSA) is 53.9 Å². The lowest BCUT2D eigenvalue weighted by Gasteiger charge is -2.22. The van der Waals surface area contributed by atoms with Crippen molar-refractivity contribution in [1.82, 2.24) is 15.0 Å². The van der Waals surface area contributed by atoms with Crippen LogP contribution in [0.3, 0.4) is 0 Å². The molecule has 0 atom stereocenters. The van der Waals surface area contributed by atoms with Crippen LogP contribution in [-0.4, -0.2) is 28.5 Å². The van der Waals surface area contributed by atoms with Crippen molar-refractivity contribution < 1.29 is 0 Å². The largest absolute Gasteiger partial charge is 0.370 e. The van der Waals surface area contributed by atoms with E-state index in [0.29, 0.717) is 0 Å². The van der Waals surface area contributed by atoms with Crippen molar-refractivity contribution in [2.75, 3.05) is 23.8 Å². The van der Waals surface area contributed by atoms with Crippen LogP contribution < -0.4 is 10.2 Å². The highest BCUT2D eigenvalue weighted by atomic mass is 32.1. The van der Waals surface area contributed by atoms with Crippen molar-refractivity contribution in [3.63, 3.8) is 0 Å². The molecule has 2 heterocycles. The highest BCUT2D eigenvalue weighted by Crippen LogP contribution is 2.25. The molecule has 1 N–H and O–H groups in total. The number of nitrogens with zero attached hydrogens (tertiary/aromatic N) is 4. The van der Waals surface area contributed by atoms with Gasteiger partial charge < -0.3 is 10.2 Å². The average Bonchev–Trinajstić information content (AvgIpc) is 2.99. The molecule has 2 aromatic rings. The number of anilines is 2. The monoisotopic (exact) mass is 305 g/mol. The Morgan fingerprint density at radius 3 is 2.71 bits per heavy atom. The summed E-state index contributed by atoms with van der Waals surface area (Å²) >= 11 is 1.62. The quantitative estimate of drug-likeness (QED) is 0.810. The van der Waals surface area contributed by atoms with E-state index >= 15 is 0 Å². The first kappa shape index (κ1) is 15.7. The van der Waals surface area contributed by atoms with E-state index < -0.39 is 0 Å². The number of thiazole rings is 1. The number of hydrogen-bond donors (Lipinski definition) is 1. The lowest BCUT2D eigenvalue weighted by molar-refractivity contribution is 0.829. The Morgan fingerprint density at radius 1 is 1.19 bits per heavy atom. The van der Waals surface area contributed by atoms with Crippen LogP contribution in [-0.2, 0) is 13.0 Å². The van der Waals surface area contributed by atoms with Gasteiger partial charge in [0.1, 0.15) is 18.0 Å². The van der Waals surface area contributed by atoms with E-state index in [1.807, 2.05) is 5.51 Å². The second kappa shape index (κ2) is 7.93. The van der Waals surface area contributed by atoms with Gasteiger partial charge in [-0.1, -0.05) is 20.3 Å². The predicted octanol–water partition coefficient (Wildman–Crippen LogP) is 3.34. The molecule has 0 fully saturated rings. The van der Waals surface area contributed by atoms with Crippen LogP contribution in [0.5, 0.6) is 0 Å². The van der Waals surface area contributed by atoms with Gasteiger partial charge in [-0.05, 0) is 12.8 Å². The highest BCUT2D eigenvalue weighted by molar-refractivity contribution is 7.07. The van der Waals surface area contributed by atoms with Gasteiger partial charge in [-0.3, -0.25) is 0 Å². The summed E-state index contributed by atoms with van der Waals surface area (Å²) in [5.41, 5.74) is 4.14. The number of rotatable bonds is 8. The molecule has 2 rings (SSSR count). The normalized spacial score (nSPS) is 10.6. The third-order valence-corrected chi connectivity index (χ3v) is 3.84. The lowest BCUT2D eigenvalue weighted by Crippen LogP contribution is -2.21. The summed E-state index contributed by atoms with van der Waals surface area (Å²) in [5, 5.41) is 5.49. The number of nitrogens with one attached hydrogen (secondary N) is 1. The van der Waals surface area contributed by atoms with Gasteiger partial charge in [0.05, 0.1) is 17.7 Å². The second-order valence-electron chi connectivity index (χ2n) is 5.04. The van der Waals surface area contributed by atoms with Crippen LogP contribution in [0.25, 0.3) is 0 Å². The molecule has 21 heavy (non-hydrogen) atoms. The molecule has 2 aromatic heterocycles. The van der Waals surface area contributed by atoms with Crippen molar-refractivity contribution in [2.45, 2.75) is 39.7 Å². The minimum Gasteiger partial charge on any atom is -0.370 e. The molecule has 0 aromatic carbocycles. The zero-order valence-corrected chi connectivity index (χ0v) is 13.8. The van der Waals surface area contributed by atoms with Gasteiger partial charge in [0.25, 0.3) is 0 Å².